The van der Waals surface area contributed by atoms with Gasteiger partial charge in [-0.25, -0.2) is 9.18 Å². The highest BCUT2D eigenvalue weighted by atomic mass is 35.5. The molecule has 1 aromatic carbocycles. The summed E-state index contributed by atoms with van der Waals surface area (Å²) >= 11 is 5.52. The van der Waals surface area contributed by atoms with Crippen molar-refractivity contribution in [3.05, 3.63) is 34.6 Å². The Labute approximate surface area is 112 Å². The van der Waals surface area contributed by atoms with Gasteiger partial charge < -0.3 is 16.2 Å². The number of halogens is 2. The number of rotatable bonds is 5. The van der Waals surface area contributed by atoms with E-state index in [1.54, 1.807) is 0 Å². The number of carboxylic acid groups (broad SMARTS) is 1. The van der Waals surface area contributed by atoms with Crippen LogP contribution in [0.15, 0.2) is 18.2 Å². The molecule has 102 valence electrons. The minimum absolute atomic E-state index is 0.0981. The zero-order valence-electron chi connectivity index (χ0n) is 9.52. The molecule has 0 saturated carbocycles. The van der Waals surface area contributed by atoms with E-state index in [0.29, 0.717) is 0 Å². The number of nitrogens with two attached hydrogens (primary N) is 1. The van der Waals surface area contributed by atoms with E-state index >= 15 is 0 Å². The monoisotopic (exact) mass is 288 g/mol. The van der Waals surface area contributed by atoms with E-state index in [0.717, 1.165) is 12.1 Å². The van der Waals surface area contributed by atoms with Crippen LogP contribution in [0.1, 0.15) is 16.8 Å². The van der Waals surface area contributed by atoms with E-state index in [2.05, 4.69) is 0 Å². The van der Waals surface area contributed by atoms with Crippen molar-refractivity contribution in [2.45, 2.75) is 12.5 Å². The maximum Gasteiger partial charge on any atom is 0.326 e. The standard InChI is InChI=1S/C11H10ClFN2O4/c12-5-1-2-6(7(13)3-5)10(17)15-8(11(18)19)4-9(14)16/h1-3,8H,4H2,(H2,14,16)(H,15,17)(H,18,19)/t8-/m0/s1. The first kappa shape index (κ1) is 14.9. The second-order valence-corrected chi connectivity index (χ2v) is 4.10. The number of hydrogen-bond donors (Lipinski definition) is 3. The first-order valence-electron chi connectivity index (χ1n) is 5.08. The maximum atomic E-state index is 13.4. The molecule has 0 bridgehead atoms. The van der Waals surface area contributed by atoms with E-state index in [4.69, 9.17) is 22.4 Å². The molecule has 1 rings (SSSR count). The summed E-state index contributed by atoms with van der Waals surface area (Å²) in [6.45, 7) is 0. The van der Waals surface area contributed by atoms with Crippen molar-refractivity contribution in [3.63, 3.8) is 0 Å². The summed E-state index contributed by atoms with van der Waals surface area (Å²) < 4.78 is 13.4. The summed E-state index contributed by atoms with van der Waals surface area (Å²) in [6.07, 6.45) is -0.587. The van der Waals surface area contributed by atoms with E-state index in [1.807, 2.05) is 5.32 Å². The molecule has 0 saturated heterocycles. The fourth-order valence-corrected chi connectivity index (χ4v) is 1.47. The first-order chi connectivity index (χ1) is 8.81. The number of carbonyl (C=O) groups excluding carboxylic acids is 2. The van der Waals surface area contributed by atoms with Gasteiger partial charge in [0.05, 0.1) is 12.0 Å². The van der Waals surface area contributed by atoms with Gasteiger partial charge in [0.25, 0.3) is 5.91 Å². The van der Waals surface area contributed by atoms with Crippen LogP contribution >= 0.6 is 11.6 Å². The van der Waals surface area contributed by atoms with Crippen LogP contribution in [0.4, 0.5) is 4.39 Å². The Bertz CT molecular complexity index is 535. The lowest BCUT2D eigenvalue weighted by atomic mass is 10.1. The Balaban J connectivity index is 2.87. The van der Waals surface area contributed by atoms with Crippen molar-refractivity contribution < 1.29 is 23.9 Å². The molecule has 0 spiro atoms. The zero-order valence-corrected chi connectivity index (χ0v) is 10.3. The molecule has 8 heteroatoms. The number of hydrogen-bond acceptors (Lipinski definition) is 3. The van der Waals surface area contributed by atoms with Crippen LogP contribution in [-0.2, 0) is 9.59 Å². The van der Waals surface area contributed by atoms with Gasteiger partial charge in [0.2, 0.25) is 5.91 Å². The van der Waals surface area contributed by atoms with Gasteiger partial charge >= 0.3 is 5.97 Å². The Morgan fingerprint density at radius 2 is 2.05 bits per heavy atom. The highest BCUT2D eigenvalue weighted by Gasteiger charge is 2.24. The smallest absolute Gasteiger partial charge is 0.326 e. The van der Waals surface area contributed by atoms with Crippen molar-refractivity contribution in [3.8, 4) is 0 Å². The van der Waals surface area contributed by atoms with Crippen molar-refractivity contribution in [1.82, 2.24) is 5.32 Å². The van der Waals surface area contributed by atoms with E-state index < -0.39 is 36.1 Å². The Morgan fingerprint density at radius 3 is 2.53 bits per heavy atom. The average molecular weight is 289 g/mol. The summed E-state index contributed by atoms with van der Waals surface area (Å²) in [5.41, 5.74) is 4.48. The highest BCUT2D eigenvalue weighted by molar-refractivity contribution is 6.30. The quantitative estimate of drug-likeness (QED) is 0.734. The lowest BCUT2D eigenvalue weighted by Gasteiger charge is -2.13. The molecular formula is C11H10ClFN2O4. The average Bonchev–Trinajstić information content (AvgIpc) is 2.26. The van der Waals surface area contributed by atoms with Gasteiger partial charge in [-0.1, -0.05) is 11.6 Å². The number of carbonyl (C=O) groups is 3. The minimum atomic E-state index is -1.51. The third kappa shape index (κ3) is 4.22. The first-order valence-corrected chi connectivity index (χ1v) is 5.46. The molecule has 6 nitrogen and oxygen atoms in total. The summed E-state index contributed by atoms with van der Waals surface area (Å²) in [4.78, 5) is 33.1. The molecule has 0 aromatic heterocycles. The molecule has 4 N–H and O–H groups in total. The molecule has 0 aliphatic carbocycles. The second kappa shape index (κ2) is 6.14. The molecule has 0 aliphatic heterocycles. The topological polar surface area (TPSA) is 109 Å². The third-order valence-corrected chi connectivity index (χ3v) is 2.42. The van der Waals surface area contributed by atoms with Crippen LogP contribution in [-0.4, -0.2) is 28.9 Å². The van der Waals surface area contributed by atoms with Gasteiger partial charge in [-0.15, -0.1) is 0 Å². The fraction of sp³-hybridized carbons (Fsp3) is 0.182. The van der Waals surface area contributed by atoms with Crippen molar-refractivity contribution in [1.29, 1.82) is 0 Å². The largest absolute Gasteiger partial charge is 0.480 e. The molecule has 0 fully saturated rings. The Morgan fingerprint density at radius 1 is 1.42 bits per heavy atom. The van der Waals surface area contributed by atoms with Crippen LogP contribution in [0.2, 0.25) is 5.02 Å². The van der Waals surface area contributed by atoms with Crippen LogP contribution < -0.4 is 11.1 Å². The van der Waals surface area contributed by atoms with Crippen LogP contribution in [0.5, 0.6) is 0 Å². The number of nitrogens with one attached hydrogen (secondary N) is 1. The molecule has 0 heterocycles. The van der Waals surface area contributed by atoms with Gasteiger partial charge in [-0.3, -0.25) is 9.59 Å². The van der Waals surface area contributed by atoms with Gasteiger partial charge in [0.1, 0.15) is 11.9 Å². The van der Waals surface area contributed by atoms with E-state index in [1.165, 1.54) is 6.07 Å². The van der Waals surface area contributed by atoms with E-state index in [9.17, 15) is 18.8 Å². The predicted octanol–water partition coefficient (Wildman–Crippen LogP) is 0.537. The lowest BCUT2D eigenvalue weighted by Crippen LogP contribution is -2.43. The third-order valence-electron chi connectivity index (χ3n) is 2.18. The summed E-state index contributed by atoms with van der Waals surface area (Å²) in [5.74, 6) is -4.21. The minimum Gasteiger partial charge on any atom is -0.480 e. The Hall–Kier alpha value is -2.15. The maximum absolute atomic E-state index is 13.4. The van der Waals surface area contributed by atoms with Crippen molar-refractivity contribution in [2.24, 2.45) is 5.73 Å². The zero-order chi connectivity index (χ0) is 14.6. The number of amides is 2. The molecule has 1 aromatic rings. The summed E-state index contributed by atoms with van der Waals surface area (Å²) in [6, 6.07) is 1.79. The van der Waals surface area contributed by atoms with Crippen molar-refractivity contribution >= 4 is 29.4 Å². The molecule has 0 unspecified atom stereocenters. The van der Waals surface area contributed by atoms with Crippen molar-refractivity contribution in [2.75, 3.05) is 0 Å². The molecule has 19 heavy (non-hydrogen) atoms. The second-order valence-electron chi connectivity index (χ2n) is 3.66. The molecule has 2 amide bonds. The molecule has 0 aliphatic rings. The van der Waals surface area contributed by atoms with Crippen LogP contribution in [0, 0.1) is 5.82 Å². The number of benzene rings is 1. The van der Waals surface area contributed by atoms with E-state index in [-0.39, 0.29) is 10.6 Å². The normalized spacial score (nSPS) is 11.7. The SMILES string of the molecule is NC(=O)C[C@H](NC(=O)c1ccc(Cl)cc1F)C(=O)O. The molecular weight excluding hydrogens is 279 g/mol. The summed E-state index contributed by atoms with van der Waals surface area (Å²) in [7, 11) is 0. The highest BCUT2D eigenvalue weighted by Crippen LogP contribution is 2.14. The predicted molar refractivity (Wildman–Crippen MR) is 64.1 cm³/mol. The fourth-order valence-electron chi connectivity index (χ4n) is 1.31. The van der Waals surface area contributed by atoms with Crippen LogP contribution in [0.3, 0.4) is 0 Å². The number of primary amides is 1. The summed E-state index contributed by atoms with van der Waals surface area (Å²) in [5, 5.41) is 10.9. The molecule has 0 radical (unpaired) electrons. The Kier molecular flexibility index (Phi) is 4.82. The molecule has 1 atom stereocenters. The number of aliphatic carboxylic acids is 1. The van der Waals surface area contributed by atoms with Gasteiger partial charge in [0, 0.05) is 5.02 Å². The van der Waals surface area contributed by atoms with Gasteiger partial charge in [-0.2, -0.15) is 0 Å². The van der Waals surface area contributed by atoms with Crippen LogP contribution in [0.25, 0.3) is 0 Å². The van der Waals surface area contributed by atoms with Gasteiger partial charge in [0.15, 0.2) is 0 Å². The van der Waals surface area contributed by atoms with Gasteiger partial charge in [-0.05, 0) is 18.2 Å². The lowest BCUT2D eigenvalue weighted by molar-refractivity contribution is -0.140. The number of carboxylic acids is 1.